The van der Waals surface area contributed by atoms with Gasteiger partial charge in [-0.3, -0.25) is 4.99 Å². The Labute approximate surface area is 123 Å². The summed E-state index contributed by atoms with van der Waals surface area (Å²) in [6.45, 7) is 0. The Bertz CT molecular complexity index is 655. The van der Waals surface area contributed by atoms with Crippen LogP contribution in [0.15, 0.2) is 59.6 Å². The van der Waals surface area contributed by atoms with Gasteiger partial charge >= 0.3 is 5.97 Å². The third-order valence-electron chi connectivity index (χ3n) is 2.79. The maximum atomic E-state index is 10.4. The highest BCUT2D eigenvalue weighted by Crippen LogP contribution is 2.15. The van der Waals surface area contributed by atoms with Crippen molar-refractivity contribution in [1.82, 2.24) is 0 Å². The molecular formula is C17H15NO3. The van der Waals surface area contributed by atoms with Gasteiger partial charge in [0.05, 0.1) is 12.8 Å². The quantitative estimate of drug-likeness (QED) is 0.673. The monoisotopic (exact) mass is 281 g/mol. The van der Waals surface area contributed by atoms with Crippen LogP contribution < -0.4 is 4.74 Å². The van der Waals surface area contributed by atoms with Crippen LogP contribution >= 0.6 is 0 Å². The second-order valence-electron chi connectivity index (χ2n) is 4.29. The van der Waals surface area contributed by atoms with Crippen molar-refractivity contribution in [3.05, 3.63) is 65.7 Å². The molecule has 0 amide bonds. The molecule has 0 atom stereocenters. The van der Waals surface area contributed by atoms with E-state index in [1.165, 1.54) is 0 Å². The molecule has 4 nitrogen and oxygen atoms in total. The number of carboxylic acids is 1. The first-order valence-corrected chi connectivity index (χ1v) is 6.36. The second-order valence-corrected chi connectivity index (χ2v) is 4.29. The van der Waals surface area contributed by atoms with Gasteiger partial charge in [-0.25, -0.2) is 4.79 Å². The van der Waals surface area contributed by atoms with Crippen LogP contribution in [0.2, 0.25) is 0 Å². The van der Waals surface area contributed by atoms with Crippen molar-refractivity contribution in [3.8, 4) is 5.75 Å². The molecule has 0 saturated heterocycles. The molecule has 0 bridgehead atoms. The maximum Gasteiger partial charge on any atom is 0.328 e. The number of rotatable bonds is 5. The fourth-order valence-electron chi connectivity index (χ4n) is 1.68. The van der Waals surface area contributed by atoms with Gasteiger partial charge in [-0.15, -0.1) is 0 Å². The molecule has 0 fully saturated rings. The van der Waals surface area contributed by atoms with E-state index in [4.69, 9.17) is 9.84 Å². The van der Waals surface area contributed by atoms with E-state index in [0.29, 0.717) is 0 Å². The van der Waals surface area contributed by atoms with Gasteiger partial charge in [-0.1, -0.05) is 12.1 Å². The number of ether oxygens (including phenoxy) is 1. The van der Waals surface area contributed by atoms with Crippen molar-refractivity contribution in [1.29, 1.82) is 0 Å². The smallest absolute Gasteiger partial charge is 0.328 e. The molecule has 0 aliphatic heterocycles. The summed E-state index contributed by atoms with van der Waals surface area (Å²) in [6, 6.07) is 14.9. The molecule has 0 unspecified atom stereocenters. The number of hydrogen-bond acceptors (Lipinski definition) is 3. The number of hydrogen-bond donors (Lipinski definition) is 1. The Morgan fingerprint density at radius 3 is 2.24 bits per heavy atom. The van der Waals surface area contributed by atoms with Crippen molar-refractivity contribution in [2.75, 3.05) is 7.11 Å². The maximum absolute atomic E-state index is 10.4. The molecule has 21 heavy (non-hydrogen) atoms. The molecule has 2 aromatic rings. The number of benzene rings is 2. The number of aliphatic imine (C=N–C) groups is 1. The van der Waals surface area contributed by atoms with Crippen LogP contribution in [0, 0.1) is 0 Å². The van der Waals surface area contributed by atoms with Crippen LogP contribution in [0.1, 0.15) is 11.1 Å². The van der Waals surface area contributed by atoms with Gasteiger partial charge < -0.3 is 9.84 Å². The molecule has 2 aromatic carbocycles. The molecule has 0 heterocycles. The number of nitrogens with zero attached hydrogens (tertiary/aromatic N) is 1. The Kier molecular flexibility index (Phi) is 4.88. The Balaban J connectivity index is 2.05. The van der Waals surface area contributed by atoms with Crippen LogP contribution in [0.5, 0.6) is 5.75 Å². The normalized spacial score (nSPS) is 11.1. The topological polar surface area (TPSA) is 58.9 Å². The van der Waals surface area contributed by atoms with Crippen LogP contribution in [0.4, 0.5) is 5.69 Å². The van der Waals surface area contributed by atoms with Crippen LogP contribution in [0.25, 0.3) is 6.08 Å². The van der Waals surface area contributed by atoms with E-state index in [9.17, 15) is 4.79 Å². The largest absolute Gasteiger partial charge is 0.497 e. The van der Waals surface area contributed by atoms with Crippen LogP contribution in [0.3, 0.4) is 0 Å². The van der Waals surface area contributed by atoms with Gasteiger partial charge in [0.15, 0.2) is 0 Å². The fourth-order valence-corrected chi connectivity index (χ4v) is 1.68. The zero-order chi connectivity index (χ0) is 15.1. The summed E-state index contributed by atoms with van der Waals surface area (Å²) in [5.74, 6) is -0.154. The van der Waals surface area contributed by atoms with E-state index >= 15 is 0 Å². The minimum atomic E-state index is -0.961. The molecule has 0 aromatic heterocycles. The van der Waals surface area contributed by atoms with Crippen molar-refractivity contribution in [2.24, 2.45) is 4.99 Å². The van der Waals surface area contributed by atoms with E-state index in [0.717, 1.165) is 28.6 Å². The number of carboxylic acid groups (broad SMARTS) is 1. The summed E-state index contributed by atoms with van der Waals surface area (Å²) in [5, 5.41) is 8.56. The second kappa shape index (κ2) is 7.05. The Morgan fingerprint density at radius 2 is 1.67 bits per heavy atom. The summed E-state index contributed by atoms with van der Waals surface area (Å²) < 4.78 is 5.09. The van der Waals surface area contributed by atoms with Gasteiger partial charge in [-0.05, 0) is 53.6 Å². The minimum Gasteiger partial charge on any atom is -0.497 e. The molecule has 106 valence electrons. The highest BCUT2D eigenvalue weighted by Gasteiger charge is 1.93. The molecule has 0 saturated carbocycles. The predicted molar refractivity (Wildman–Crippen MR) is 83.4 cm³/mol. The van der Waals surface area contributed by atoms with E-state index < -0.39 is 5.97 Å². The van der Waals surface area contributed by atoms with E-state index in [1.54, 1.807) is 19.4 Å². The Morgan fingerprint density at radius 1 is 1.05 bits per heavy atom. The van der Waals surface area contributed by atoms with Crippen molar-refractivity contribution in [2.45, 2.75) is 0 Å². The molecule has 0 aliphatic carbocycles. The number of methoxy groups -OCH3 is 1. The minimum absolute atomic E-state index is 0.804. The molecule has 2 rings (SSSR count). The van der Waals surface area contributed by atoms with E-state index in [2.05, 4.69) is 4.99 Å². The van der Waals surface area contributed by atoms with Crippen molar-refractivity contribution >= 4 is 23.9 Å². The van der Waals surface area contributed by atoms with Gasteiger partial charge in [0.1, 0.15) is 5.75 Å². The summed E-state index contributed by atoms with van der Waals surface area (Å²) in [5.41, 5.74) is 2.60. The van der Waals surface area contributed by atoms with Gasteiger partial charge in [0.25, 0.3) is 0 Å². The first-order chi connectivity index (χ1) is 10.2. The standard InChI is InChI=1S/C17H15NO3/c1-21-16-9-4-14(5-10-16)12-18-15-7-2-13(3-8-15)6-11-17(19)20/h2-12H,1H3,(H,19,20)/b11-6-,18-12?. The van der Waals surface area contributed by atoms with Crippen molar-refractivity contribution in [3.63, 3.8) is 0 Å². The number of aliphatic carboxylic acids is 1. The van der Waals surface area contributed by atoms with Crippen LogP contribution in [-0.2, 0) is 4.79 Å². The molecular weight excluding hydrogens is 266 g/mol. The zero-order valence-electron chi connectivity index (χ0n) is 11.6. The lowest BCUT2D eigenvalue weighted by atomic mass is 10.2. The van der Waals surface area contributed by atoms with Gasteiger partial charge in [-0.2, -0.15) is 0 Å². The average Bonchev–Trinajstić information content (AvgIpc) is 2.52. The lowest BCUT2D eigenvalue weighted by molar-refractivity contribution is -0.131. The molecule has 0 spiro atoms. The summed E-state index contributed by atoms with van der Waals surface area (Å²) in [7, 11) is 1.63. The molecule has 4 heteroatoms. The van der Waals surface area contributed by atoms with Gasteiger partial charge in [0.2, 0.25) is 0 Å². The highest BCUT2D eigenvalue weighted by molar-refractivity contribution is 5.85. The lowest BCUT2D eigenvalue weighted by Crippen LogP contribution is -1.85. The molecule has 1 N–H and O–H groups in total. The van der Waals surface area contributed by atoms with Crippen LogP contribution in [-0.4, -0.2) is 24.4 Å². The summed E-state index contributed by atoms with van der Waals surface area (Å²) in [6.07, 6.45) is 4.41. The number of carbonyl (C=O) groups is 1. The SMILES string of the molecule is COc1ccc(C=Nc2ccc(/C=C\C(=O)O)cc2)cc1. The third kappa shape index (κ3) is 4.62. The van der Waals surface area contributed by atoms with E-state index in [1.807, 2.05) is 48.5 Å². The van der Waals surface area contributed by atoms with E-state index in [-0.39, 0.29) is 0 Å². The lowest BCUT2D eigenvalue weighted by Gasteiger charge is -1.99. The van der Waals surface area contributed by atoms with Gasteiger partial charge in [0, 0.05) is 12.3 Å². The Hall–Kier alpha value is -2.88. The molecule has 0 radical (unpaired) electrons. The fraction of sp³-hybridized carbons (Fsp3) is 0.0588. The first-order valence-electron chi connectivity index (χ1n) is 6.36. The average molecular weight is 281 g/mol. The zero-order valence-corrected chi connectivity index (χ0v) is 11.6. The third-order valence-corrected chi connectivity index (χ3v) is 2.79. The summed E-state index contributed by atoms with van der Waals surface area (Å²) in [4.78, 5) is 14.8. The van der Waals surface area contributed by atoms with Crippen molar-refractivity contribution < 1.29 is 14.6 Å². The first kappa shape index (κ1) is 14.5. The molecule has 0 aliphatic rings. The highest BCUT2D eigenvalue weighted by atomic mass is 16.5. The predicted octanol–water partition coefficient (Wildman–Crippen LogP) is 3.54. The summed E-state index contributed by atoms with van der Waals surface area (Å²) >= 11 is 0.